The van der Waals surface area contributed by atoms with Gasteiger partial charge in [0.15, 0.2) is 0 Å². The summed E-state index contributed by atoms with van der Waals surface area (Å²) in [5.41, 5.74) is 2.53. The van der Waals surface area contributed by atoms with E-state index in [0.717, 1.165) is 36.1 Å². The van der Waals surface area contributed by atoms with Gasteiger partial charge < -0.3 is 10.0 Å². The second kappa shape index (κ2) is 7.46. The Labute approximate surface area is 179 Å². The van der Waals surface area contributed by atoms with Crippen molar-refractivity contribution in [2.45, 2.75) is 44.6 Å². The molecule has 0 saturated carbocycles. The van der Waals surface area contributed by atoms with Gasteiger partial charge in [-0.3, -0.25) is 14.6 Å². The second-order valence-corrected chi connectivity index (χ2v) is 8.41. The zero-order chi connectivity index (χ0) is 21.6. The lowest BCUT2D eigenvalue weighted by Gasteiger charge is -2.38. The smallest absolute Gasteiger partial charge is 0.257 e. The zero-order valence-electron chi connectivity index (χ0n) is 17.5. The molecule has 1 aliphatic heterocycles. The molecule has 1 aromatic carbocycles. The van der Waals surface area contributed by atoms with Crippen molar-refractivity contribution in [3.05, 3.63) is 75.0 Å². The average molecular weight is 419 g/mol. The quantitative estimate of drug-likeness (QED) is 0.675. The summed E-state index contributed by atoms with van der Waals surface area (Å²) in [7, 11) is 0. The number of carbonyl (C=O) groups excluding carboxylic acids is 1. The number of likely N-dealkylation sites (tertiary alicyclic amines) is 1. The Balaban J connectivity index is 1.36. The van der Waals surface area contributed by atoms with E-state index in [1.165, 1.54) is 10.9 Å². The van der Waals surface area contributed by atoms with Crippen LogP contribution in [0.5, 0.6) is 0 Å². The lowest BCUT2D eigenvalue weighted by Crippen LogP contribution is -2.45. The van der Waals surface area contributed by atoms with Crippen LogP contribution in [0.2, 0.25) is 0 Å². The number of aliphatic hydroxyl groups is 1. The number of fused-ring (bicyclic) bond motifs is 1. The van der Waals surface area contributed by atoms with Crippen LogP contribution in [0.4, 0.5) is 0 Å². The Kier molecular flexibility index (Phi) is 4.74. The van der Waals surface area contributed by atoms with Gasteiger partial charge in [-0.2, -0.15) is 5.10 Å². The molecular weight excluding hydrogens is 394 g/mol. The summed E-state index contributed by atoms with van der Waals surface area (Å²) in [6, 6.07) is 9.61. The summed E-state index contributed by atoms with van der Waals surface area (Å²) in [5.74, 6) is 0.224. The third-order valence-corrected chi connectivity index (χ3v) is 6.56. The fraction of sp³-hybridized carbons (Fsp3) is 0.391. The van der Waals surface area contributed by atoms with Crippen molar-refractivity contribution in [3.63, 3.8) is 0 Å². The number of piperidine rings is 1. The van der Waals surface area contributed by atoms with Gasteiger partial charge >= 0.3 is 0 Å². The van der Waals surface area contributed by atoms with Crippen molar-refractivity contribution < 1.29 is 9.90 Å². The van der Waals surface area contributed by atoms with Gasteiger partial charge in [-0.15, -0.1) is 0 Å². The van der Waals surface area contributed by atoms with Gasteiger partial charge in [0.1, 0.15) is 0 Å². The van der Waals surface area contributed by atoms with Gasteiger partial charge in [0.2, 0.25) is 5.95 Å². The van der Waals surface area contributed by atoms with Gasteiger partial charge in [-0.25, -0.2) is 9.67 Å². The first-order chi connectivity index (χ1) is 15.0. The van der Waals surface area contributed by atoms with Crippen LogP contribution in [-0.4, -0.2) is 48.8 Å². The van der Waals surface area contributed by atoms with Crippen molar-refractivity contribution >= 4 is 5.91 Å². The maximum atomic E-state index is 13.2. The Morgan fingerprint density at radius 1 is 1.16 bits per heavy atom. The van der Waals surface area contributed by atoms with Crippen LogP contribution in [0.15, 0.2) is 41.3 Å². The molecule has 8 heteroatoms. The predicted molar refractivity (Wildman–Crippen MR) is 114 cm³/mol. The number of amides is 1. The van der Waals surface area contributed by atoms with Crippen molar-refractivity contribution in [2.75, 3.05) is 13.1 Å². The molecule has 160 valence electrons. The highest BCUT2D eigenvalue weighted by atomic mass is 16.3. The molecule has 2 aliphatic rings. The fourth-order valence-electron chi connectivity index (χ4n) is 4.65. The number of hydrogen-bond acceptors (Lipinski definition) is 5. The Morgan fingerprint density at radius 2 is 1.90 bits per heavy atom. The first-order valence-corrected chi connectivity index (χ1v) is 10.7. The number of aromatic nitrogens is 4. The van der Waals surface area contributed by atoms with Crippen LogP contribution >= 0.6 is 0 Å². The number of benzene rings is 1. The molecule has 1 aliphatic carbocycles. The normalized spacial score (nSPS) is 17.5. The Morgan fingerprint density at radius 3 is 2.65 bits per heavy atom. The predicted octanol–water partition coefficient (Wildman–Crippen LogP) is 1.88. The number of aryl methyl sites for hydroxylation is 1. The number of carbonyl (C=O) groups is 1. The highest BCUT2D eigenvalue weighted by Gasteiger charge is 2.36. The molecule has 0 spiro atoms. The van der Waals surface area contributed by atoms with Crippen molar-refractivity contribution in [1.82, 2.24) is 24.6 Å². The van der Waals surface area contributed by atoms with Crippen LogP contribution in [-0.2, 0) is 18.4 Å². The number of nitrogens with one attached hydrogen (secondary N) is 1. The molecule has 3 aromatic rings. The van der Waals surface area contributed by atoms with E-state index in [-0.39, 0.29) is 11.5 Å². The Bertz CT molecular complexity index is 1190. The van der Waals surface area contributed by atoms with Crippen molar-refractivity contribution in [1.29, 1.82) is 0 Å². The molecule has 1 saturated heterocycles. The number of rotatable bonds is 3. The highest BCUT2D eigenvalue weighted by Crippen LogP contribution is 2.33. The SMILES string of the molecule is Cc1c(C(=O)N2CCC(O)(c3ccccc3)CC2)cnn1-c1nc2c(c(=O)[nH]1)CCC2. The van der Waals surface area contributed by atoms with E-state index in [1.54, 1.807) is 11.8 Å². The van der Waals surface area contributed by atoms with E-state index in [0.29, 0.717) is 43.1 Å². The van der Waals surface area contributed by atoms with Crippen molar-refractivity contribution in [3.8, 4) is 5.95 Å². The summed E-state index contributed by atoms with van der Waals surface area (Å²) in [6.07, 6.45) is 4.97. The number of nitrogens with zero attached hydrogens (tertiary/aromatic N) is 4. The number of H-pyrrole nitrogens is 1. The second-order valence-electron chi connectivity index (χ2n) is 8.41. The van der Waals surface area contributed by atoms with Gasteiger partial charge in [0.05, 0.1) is 28.7 Å². The molecule has 2 N–H and O–H groups in total. The van der Waals surface area contributed by atoms with Crippen LogP contribution in [0.1, 0.15) is 52.1 Å². The molecule has 31 heavy (non-hydrogen) atoms. The molecule has 1 amide bonds. The van der Waals surface area contributed by atoms with Gasteiger partial charge in [0.25, 0.3) is 11.5 Å². The average Bonchev–Trinajstić information content (AvgIpc) is 3.41. The van der Waals surface area contributed by atoms with Crippen LogP contribution in [0.25, 0.3) is 5.95 Å². The fourth-order valence-corrected chi connectivity index (χ4v) is 4.65. The largest absolute Gasteiger partial charge is 0.385 e. The molecule has 0 bridgehead atoms. The van der Waals surface area contributed by atoms with E-state index < -0.39 is 5.60 Å². The molecule has 1 fully saturated rings. The standard InChI is InChI=1S/C23H25N5O3/c1-15-18(14-24-28(15)22-25-19-9-5-8-17(19)20(29)26-22)21(30)27-12-10-23(31,11-13-27)16-6-3-2-4-7-16/h2-4,6-7,14,31H,5,8-13H2,1H3,(H,25,26,29). The lowest BCUT2D eigenvalue weighted by atomic mass is 9.84. The molecular formula is C23H25N5O3. The van der Waals surface area contributed by atoms with Crippen LogP contribution in [0.3, 0.4) is 0 Å². The minimum Gasteiger partial charge on any atom is -0.385 e. The summed E-state index contributed by atoms with van der Waals surface area (Å²) in [5, 5.41) is 15.4. The van der Waals surface area contributed by atoms with E-state index in [1.807, 2.05) is 30.3 Å². The van der Waals surface area contributed by atoms with Crippen LogP contribution < -0.4 is 5.56 Å². The topological polar surface area (TPSA) is 104 Å². The third kappa shape index (κ3) is 3.37. The molecule has 8 nitrogen and oxygen atoms in total. The minimum absolute atomic E-state index is 0.123. The lowest BCUT2D eigenvalue weighted by molar-refractivity contribution is -0.0211. The maximum absolute atomic E-state index is 13.2. The molecule has 0 atom stereocenters. The summed E-state index contributed by atoms with van der Waals surface area (Å²) in [4.78, 5) is 34.6. The zero-order valence-corrected chi connectivity index (χ0v) is 17.5. The first-order valence-electron chi connectivity index (χ1n) is 10.7. The van der Waals surface area contributed by atoms with Gasteiger partial charge in [0, 0.05) is 18.7 Å². The van der Waals surface area contributed by atoms with E-state index in [2.05, 4.69) is 15.1 Å². The molecule has 0 radical (unpaired) electrons. The first kappa shape index (κ1) is 19.7. The summed E-state index contributed by atoms with van der Waals surface area (Å²) in [6.45, 7) is 2.73. The van der Waals surface area contributed by atoms with Crippen molar-refractivity contribution in [2.24, 2.45) is 0 Å². The molecule has 0 unspecified atom stereocenters. The molecule has 2 aromatic heterocycles. The summed E-state index contributed by atoms with van der Waals surface area (Å²) >= 11 is 0. The summed E-state index contributed by atoms with van der Waals surface area (Å²) < 4.78 is 1.53. The Hall–Kier alpha value is -3.26. The van der Waals surface area contributed by atoms with E-state index >= 15 is 0 Å². The monoisotopic (exact) mass is 419 g/mol. The van der Waals surface area contributed by atoms with E-state index in [9.17, 15) is 14.7 Å². The van der Waals surface area contributed by atoms with Gasteiger partial charge in [-0.1, -0.05) is 30.3 Å². The molecule has 5 rings (SSSR count). The van der Waals surface area contributed by atoms with Crippen LogP contribution in [0, 0.1) is 6.92 Å². The molecule has 3 heterocycles. The maximum Gasteiger partial charge on any atom is 0.257 e. The highest BCUT2D eigenvalue weighted by molar-refractivity contribution is 5.95. The third-order valence-electron chi connectivity index (χ3n) is 6.56. The van der Waals surface area contributed by atoms with Gasteiger partial charge in [-0.05, 0) is 44.6 Å². The number of hydrogen-bond donors (Lipinski definition) is 2. The number of aromatic amines is 1. The minimum atomic E-state index is -0.912. The van der Waals surface area contributed by atoms with E-state index in [4.69, 9.17) is 0 Å².